The van der Waals surface area contributed by atoms with E-state index in [0.717, 1.165) is 25.7 Å². The third kappa shape index (κ3) is 5.86. The van der Waals surface area contributed by atoms with E-state index in [9.17, 15) is 0 Å². The lowest BCUT2D eigenvalue weighted by Gasteiger charge is -2.21. The highest BCUT2D eigenvalue weighted by atomic mass is 14.8. The van der Waals surface area contributed by atoms with E-state index in [2.05, 4.69) is 58.2 Å². The Morgan fingerprint density at radius 3 is 2.35 bits per heavy atom. The van der Waals surface area contributed by atoms with Crippen LogP contribution in [-0.2, 0) is 0 Å². The van der Waals surface area contributed by atoms with E-state index in [1.807, 2.05) is 0 Å². The first-order valence-corrected chi connectivity index (χ1v) is 6.85. The van der Waals surface area contributed by atoms with Gasteiger partial charge in [-0.1, -0.05) is 52.0 Å². The lowest BCUT2D eigenvalue weighted by atomic mass is 9.90. The lowest BCUT2D eigenvalue weighted by molar-refractivity contribution is 0.484. The molecule has 0 fully saturated rings. The Bertz CT molecular complexity index is 295. The minimum absolute atomic E-state index is 0.187. The summed E-state index contributed by atoms with van der Waals surface area (Å²) in [6, 6.07) is 0.439. The summed E-state index contributed by atoms with van der Waals surface area (Å²) in [6.45, 7) is 9.04. The summed E-state index contributed by atoms with van der Waals surface area (Å²) in [5.41, 5.74) is 0.187. The Hall–Kier alpha value is -0.850. The van der Waals surface area contributed by atoms with Crippen LogP contribution in [0.4, 0.5) is 0 Å². The summed E-state index contributed by atoms with van der Waals surface area (Å²) < 4.78 is 0. The van der Waals surface area contributed by atoms with Crippen LogP contribution in [0.15, 0.2) is 29.3 Å². The molecule has 0 saturated carbocycles. The Balaban J connectivity index is 2.78. The first-order valence-electron chi connectivity index (χ1n) is 6.85. The van der Waals surface area contributed by atoms with Crippen LogP contribution in [0.25, 0.3) is 0 Å². The van der Waals surface area contributed by atoms with Gasteiger partial charge >= 0.3 is 0 Å². The van der Waals surface area contributed by atoms with Crippen LogP contribution in [0, 0.1) is 11.3 Å². The predicted molar refractivity (Wildman–Crippen MR) is 77.6 cm³/mol. The van der Waals surface area contributed by atoms with Gasteiger partial charge in [0.25, 0.3) is 0 Å². The third-order valence-electron chi connectivity index (χ3n) is 3.24. The first kappa shape index (κ1) is 14.2. The van der Waals surface area contributed by atoms with Crippen molar-refractivity contribution in [1.29, 1.82) is 0 Å². The second kappa shape index (κ2) is 6.78. The smallest absolute Gasteiger partial charge is 0.0553 e. The van der Waals surface area contributed by atoms with Gasteiger partial charge in [0.05, 0.1) is 6.04 Å². The van der Waals surface area contributed by atoms with Crippen LogP contribution < -0.4 is 0 Å². The van der Waals surface area contributed by atoms with Gasteiger partial charge in [0.15, 0.2) is 0 Å². The summed E-state index contributed by atoms with van der Waals surface area (Å²) >= 11 is 0. The van der Waals surface area contributed by atoms with E-state index in [0.29, 0.717) is 12.0 Å². The minimum atomic E-state index is 0.187. The molecule has 1 atom stereocenters. The lowest BCUT2D eigenvalue weighted by Crippen LogP contribution is -2.17. The van der Waals surface area contributed by atoms with Gasteiger partial charge < -0.3 is 0 Å². The summed E-state index contributed by atoms with van der Waals surface area (Å²) in [5.74, 6) is 0.616. The molecule has 1 nitrogen and oxygen atoms in total. The molecule has 1 rings (SSSR count). The van der Waals surface area contributed by atoms with Gasteiger partial charge in [0.1, 0.15) is 0 Å². The van der Waals surface area contributed by atoms with Crippen LogP contribution in [0.1, 0.15) is 53.4 Å². The molecule has 1 aliphatic rings. The molecule has 0 aromatic heterocycles. The largest absolute Gasteiger partial charge is 0.293 e. The van der Waals surface area contributed by atoms with E-state index < -0.39 is 0 Å². The maximum Gasteiger partial charge on any atom is 0.0553 e. The van der Waals surface area contributed by atoms with Crippen LogP contribution >= 0.6 is 0 Å². The molecule has 17 heavy (non-hydrogen) atoms. The molecule has 0 spiro atoms. The molecule has 0 bridgehead atoms. The maximum absolute atomic E-state index is 4.80. The van der Waals surface area contributed by atoms with E-state index in [1.165, 1.54) is 0 Å². The molecule has 1 heteroatoms. The molecular weight excluding hydrogens is 206 g/mol. The quantitative estimate of drug-likeness (QED) is 0.577. The number of hydrogen-bond donors (Lipinski definition) is 0. The van der Waals surface area contributed by atoms with Gasteiger partial charge in [-0.25, -0.2) is 0 Å². The van der Waals surface area contributed by atoms with E-state index >= 15 is 0 Å². The van der Waals surface area contributed by atoms with Crippen LogP contribution in [0.5, 0.6) is 0 Å². The fraction of sp³-hybridized carbons (Fsp3) is 0.688. The Labute approximate surface area is 107 Å². The average Bonchev–Trinajstić information content (AvgIpc) is 2.23. The third-order valence-corrected chi connectivity index (χ3v) is 3.24. The molecule has 1 unspecified atom stereocenters. The average molecular weight is 233 g/mol. The zero-order valence-electron chi connectivity index (χ0n) is 11.8. The molecule has 1 aliphatic heterocycles. The molecule has 0 radical (unpaired) electrons. The number of nitrogens with zero attached hydrogens (tertiary/aromatic N) is 1. The molecule has 0 amide bonds. The van der Waals surface area contributed by atoms with Crippen molar-refractivity contribution in [3.05, 3.63) is 24.3 Å². The van der Waals surface area contributed by atoms with Crippen LogP contribution in [0.3, 0.4) is 0 Å². The van der Waals surface area contributed by atoms with Crippen molar-refractivity contribution in [2.24, 2.45) is 16.3 Å². The summed E-state index contributed by atoms with van der Waals surface area (Å²) in [4.78, 5) is 4.80. The number of hydrogen-bond acceptors (Lipinski definition) is 1. The van der Waals surface area contributed by atoms with E-state index in [-0.39, 0.29) is 5.41 Å². The fourth-order valence-electron chi connectivity index (χ4n) is 1.91. The van der Waals surface area contributed by atoms with Gasteiger partial charge in [-0.2, -0.15) is 0 Å². The summed E-state index contributed by atoms with van der Waals surface area (Å²) in [7, 11) is 0. The zero-order valence-corrected chi connectivity index (χ0v) is 11.8. The van der Waals surface area contributed by atoms with Gasteiger partial charge in [-0.05, 0) is 31.6 Å². The van der Waals surface area contributed by atoms with Gasteiger partial charge in [0, 0.05) is 11.6 Å². The maximum atomic E-state index is 4.80. The molecular formula is C16H27N. The Morgan fingerprint density at radius 1 is 1.06 bits per heavy atom. The van der Waals surface area contributed by atoms with E-state index in [1.54, 1.807) is 0 Å². The number of rotatable bonds is 1. The summed E-state index contributed by atoms with van der Waals surface area (Å²) in [5, 5.41) is 0. The fourth-order valence-corrected chi connectivity index (χ4v) is 1.91. The normalized spacial score (nSPS) is 25.6. The topological polar surface area (TPSA) is 12.4 Å². The van der Waals surface area contributed by atoms with Gasteiger partial charge in [0.2, 0.25) is 0 Å². The molecule has 0 aromatic carbocycles. The molecule has 0 N–H and O–H groups in total. The predicted octanol–water partition coefficient (Wildman–Crippen LogP) is 4.79. The van der Waals surface area contributed by atoms with Crippen molar-refractivity contribution in [1.82, 2.24) is 0 Å². The van der Waals surface area contributed by atoms with Gasteiger partial charge in [-0.15, -0.1) is 0 Å². The monoisotopic (exact) mass is 233 g/mol. The van der Waals surface area contributed by atoms with Crippen molar-refractivity contribution in [3.63, 3.8) is 0 Å². The molecule has 0 saturated heterocycles. The molecule has 1 heterocycles. The highest BCUT2D eigenvalue weighted by molar-refractivity contribution is 5.65. The standard InChI is InChI=1S/C16H27N/c1-14(2)15-11-9-7-5-6-8-10-12-16(3,4)13-17-15/h7-10,13-15H,5-6,11-12H2,1-4H3. The minimum Gasteiger partial charge on any atom is -0.293 e. The Morgan fingerprint density at radius 2 is 1.71 bits per heavy atom. The second-order valence-electron chi connectivity index (χ2n) is 6.04. The second-order valence-corrected chi connectivity index (χ2v) is 6.04. The van der Waals surface area contributed by atoms with Gasteiger partial charge in [-0.3, -0.25) is 4.99 Å². The molecule has 0 aromatic rings. The van der Waals surface area contributed by atoms with Crippen molar-refractivity contribution < 1.29 is 0 Å². The number of allylic oxidation sites excluding steroid dienone is 3. The molecule has 96 valence electrons. The van der Waals surface area contributed by atoms with Crippen molar-refractivity contribution in [2.45, 2.75) is 59.4 Å². The summed E-state index contributed by atoms with van der Waals surface area (Å²) in [6.07, 6.45) is 15.8. The van der Waals surface area contributed by atoms with E-state index in [4.69, 9.17) is 4.99 Å². The zero-order chi connectivity index (χ0) is 12.7. The van der Waals surface area contributed by atoms with Crippen molar-refractivity contribution in [2.75, 3.05) is 0 Å². The molecule has 0 aliphatic carbocycles. The highest BCUT2D eigenvalue weighted by Crippen LogP contribution is 2.21. The van der Waals surface area contributed by atoms with Crippen LogP contribution in [0.2, 0.25) is 0 Å². The SMILES string of the molecule is CC(C)C1CC=CCCC=CCC(C)(C)C=N1. The highest BCUT2D eigenvalue weighted by Gasteiger charge is 2.15. The Kier molecular flexibility index (Phi) is 5.67. The van der Waals surface area contributed by atoms with Crippen LogP contribution in [-0.4, -0.2) is 12.3 Å². The number of aliphatic imine (C=N–C) groups is 1. The van der Waals surface area contributed by atoms with Crippen molar-refractivity contribution >= 4 is 6.21 Å². The van der Waals surface area contributed by atoms with Crippen molar-refractivity contribution in [3.8, 4) is 0 Å². The first-order chi connectivity index (χ1) is 8.01.